The molecule has 5 nitrogen and oxygen atoms in total. The van der Waals surface area contributed by atoms with Crippen molar-refractivity contribution < 1.29 is 9.59 Å². The van der Waals surface area contributed by atoms with E-state index in [0.29, 0.717) is 23.4 Å². The quantitative estimate of drug-likeness (QED) is 0.523. The second-order valence-electron chi connectivity index (χ2n) is 7.47. The molecule has 0 saturated heterocycles. The molecule has 2 amide bonds. The van der Waals surface area contributed by atoms with E-state index in [1.165, 1.54) is 13.0 Å². The van der Waals surface area contributed by atoms with Crippen LogP contribution in [0.4, 0.5) is 5.69 Å². The Morgan fingerprint density at radius 1 is 1.03 bits per heavy atom. The minimum Gasteiger partial charge on any atom is -0.328 e. The van der Waals surface area contributed by atoms with Crippen molar-refractivity contribution in [3.63, 3.8) is 0 Å². The van der Waals surface area contributed by atoms with E-state index in [1.54, 1.807) is 23.1 Å². The van der Waals surface area contributed by atoms with Gasteiger partial charge in [0.15, 0.2) is 0 Å². The second-order valence-corrected chi connectivity index (χ2v) is 7.47. The van der Waals surface area contributed by atoms with Crippen LogP contribution in [0.1, 0.15) is 42.1 Å². The Morgan fingerprint density at radius 2 is 1.75 bits per heavy atom. The first-order valence-electron chi connectivity index (χ1n) is 10.4. The van der Waals surface area contributed by atoms with Crippen molar-refractivity contribution in [2.24, 2.45) is 0 Å². The van der Waals surface area contributed by atoms with Crippen LogP contribution in [0.25, 0.3) is 6.08 Å². The van der Waals surface area contributed by atoms with Gasteiger partial charge in [0.05, 0.1) is 17.7 Å². The first-order valence-corrected chi connectivity index (χ1v) is 10.4. The monoisotopic (exact) mass is 423 g/mol. The Labute approximate surface area is 188 Å². The van der Waals surface area contributed by atoms with Crippen LogP contribution in [-0.2, 0) is 16.1 Å². The zero-order chi connectivity index (χ0) is 22.9. The molecule has 0 aliphatic carbocycles. The summed E-state index contributed by atoms with van der Waals surface area (Å²) in [5, 5.41) is 12.1. The number of nitrogens with one attached hydrogen (secondary N) is 1. The average Bonchev–Trinajstić information content (AvgIpc) is 2.81. The predicted molar refractivity (Wildman–Crippen MR) is 126 cm³/mol. The molecule has 0 fully saturated rings. The predicted octanol–water partition coefficient (Wildman–Crippen LogP) is 5.32. The summed E-state index contributed by atoms with van der Waals surface area (Å²) >= 11 is 0. The number of hydrogen-bond donors (Lipinski definition) is 1. The molecule has 0 radical (unpaired) electrons. The fraction of sp³-hybridized carbons (Fsp3) is 0.148. The highest BCUT2D eigenvalue weighted by atomic mass is 16.2. The van der Waals surface area contributed by atoms with Gasteiger partial charge in [-0.15, -0.1) is 0 Å². The lowest BCUT2D eigenvalue weighted by Crippen LogP contribution is -2.32. The van der Waals surface area contributed by atoms with E-state index in [0.717, 1.165) is 11.1 Å². The highest BCUT2D eigenvalue weighted by Gasteiger charge is 2.20. The van der Waals surface area contributed by atoms with Crippen molar-refractivity contribution in [3.05, 3.63) is 107 Å². The Morgan fingerprint density at radius 3 is 2.47 bits per heavy atom. The van der Waals surface area contributed by atoms with Gasteiger partial charge in [-0.05, 0) is 47.9 Å². The largest absolute Gasteiger partial charge is 0.328 e. The number of anilines is 1. The smallest absolute Gasteiger partial charge is 0.247 e. The number of carbonyl (C=O) groups is 2. The molecule has 3 aromatic carbocycles. The van der Waals surface area contributed by atoms with Gasteiger partial charge in [0.2, 0.25) is 11.8 Å². The topological polar surface area (TPSA) is 73.2 Å². The molecule has 1 atom stereocenters. The van der Waals surface area contributed by atoms with Gasteiger partial charge in [-0.1, -0.05) is 60.7 Å². The van der Waals surface area contributed by atoms with E-state index in [2.05, 4.69) is 11.4 Å². The number of benzene rings is 3. The summed E-state index contributed by atoms with van der Waals surface area (Å²) in [6.45, 7) is 3.85. The van der Waals surface area contributed by atoms with Crippen molar-refractivity contribution in [2.75, 3.05) is 5.32 Å². The van der Waals surface area contributed by atoms with E-state index >= 15 is 0 Å². The summed E-state index contributed by atoms with van der Waals surface area (Å²) in [6, 6.07) is 26.4. The standard InChI is InChI=1S/C27H25N3O2/c1-20(24-13-8-14-26(17-24)29-21(2)31)30(19-22-9-4-3-5-10-22)27(32)16-15-23-11-6-7-12-25(23)18-28/h3-17,20H,19H2,1-2H3,(H,29,31)/b16-15+. The third-order valence-corrected chi connectivity index (χ3v) is 5.12. The fourth-order valence-electron chi connectivity index (χ4n) is 3.45. The van der Waals surface area contributed by atoms with Gasteiger partial charge in [-0.3, -0.25) is 9.59 Å². The molecule has 160 valence electrons. The number of amides is 2. The molecule has 1 unspecified atom stereocenters. The minimum atomic E-state index is -0.243. The number of carbonyl (C=O) groups excluding carboxylic acids is 2. The Kier molecular flexibility index (Phi) is 7.55. The molecular formula is C27H25N3O2. The molecular weight excluding hydrogens is 398 g/mol. The molecule has 0 aliphatic rings. The first-order chi connectivity index (χ1) is 15.5. The van der Waals surface area contributed by atoms with Gasteiger partial charge in [0.25, 0.3) is 0 Å². The average molecular weight is 424 g/mol. The van der Waals surface area contributed by atoms with Crippen molar-refractivity contribution in [3.8, 4) is 6.07 Å². The summed E-state index contributed by atoms with van der Waals surface area (Å²) in [6.07, 6.45) is 3.19. The van der Waals surface area contributed by atoms with Gasteiger partial charge in [0.1, 0.15) is 0 Å². The van der Waals surface area contributed by atoms with Crippen molar-refractivity contribution in [1.29, 1.82) is 5.26 Å². The Hall–Kier alpha value is -4.17. The summed E-state index contributed by atoms with van der Waals surface area (Å²) in [5.41, 5.74) is 3.82. The first kappa shape index (κ1) is 22.5. The molecule has 32 heavy (non-hydrogen) atoms. The highest BCUT2D eigenvalue weighted by molar-refractivity contribution is 5.92. The Balaban J connectivity index is 1.91. The number of nitrogens with zero attached hydrogens (tertiary/aromatic N) is 2. The van der Waals surface area contributed by atoms with Crippen LogP contribution in [0.3, 0.4) is 0 Å². The molecule has 0 heterocycles. The van der Waals surface area contributed by atoms with E-state index in [9.17, 15) is 14.9 Å². The molecule has 0 aromatic heterocycles. The lowest BCUT2D eigenvalue weighted by atomic mass is 10.0. The van der Waals surface area contributed by atoms with E-state index in [-0.39, 0.29) is 17.9 Å². The van der Waals surface area contributed by atoms with Gasteiger partial charge in [-0.2, -0.15) is 5.26 Å². The zero-order valence-corrected chi connectivity index (χ0v) is 18.2. The van der Waals surface area contributed by atoms with E-state index in [4.69, 9.17) is 0 Å². The van der Waals surface area contributed by atoms with Crippen LogP contribution in [0.2, 0.25) is 0 Å². The molecule has 0 spiro atoms. The number of hydrogen-bond acceptors (Lipinski definition) is 3. The van der Waals surface area contributed by atoms with Crippen LogP contribution in [0, 0.1) is 11.3 Å². The van der Waals surface area contributed by atoms with Gasteiger partial charge in [0, 0.05) is 25.2 Å². The maximum atomic E-state index is 13.3. The van der Waals surface area contributed by atoms with Crippen molar-refractivity contribution in [2.45, 2.75) is 26.4 Å². The number of nitriles is 1. The lowest BCUT2D eigenvalue weighted by Gasteiger charge is -2.29. The lowest BCUT2D eigenvalue weighted by molar-refractivity contribution is -0.128. The molecule has 0 aliphatic heterocycles. The van der Waals surface area contributed by atoms with Crippen LogP contribution < -0.4 is 5.32 Å². The van der Waals surface area contributed by atoms with Crippen LogP contribution in [0.5, 0.6) is 0 Å². The molecule has 1 N–H and O–H groups in total. The van der Waals surface area contributed by atoms with E-state index < -0.39 is 0 Å². The third kappa shape index (κ3) is 5.93. The molecule has 3 aromatic rings. The maximum Gasteiger partial charge on any atom is 0.247 e. The van der Waals surface area contributed by atoms with Gasteiger partial charge < -0.3 is 10.2 Å². The number of rotatable bonds is 7. The van der Waals surface area contributed by atoms with Crippen LogP contribution in [-0.4, -0.2) is 16.7 Å². The van der Waals surface area contributed by atoms with Crippen molar-refractivity contribution >= 4 is 23.6 Å². The van der Waals surface area contributed by atoms with Crippen LogP contribution in [0.15, 0.2) is 84.9 Å². The summed E-state index contributed by atoms with van der Waals surface area (Å²) in [7, 11) is 0. The zero-order valence-electron chi connectivity index (χ0n) is 18.2. The highest BCUT2D eigenvalue weighted by Crippen LogP contribution is 2.25. The van der Waals surface area contributed by atoms with Crippen molar-refractivity contribution in [1.82, 2.24) is 4.90 Å². The van der Waals surface area contributed by atoms with Crippen LogP contribution >= 0.6 is 0 Å². The SMILES string of the molecule is CC(=O)Nc1cccc(C(C)N(Cc2ccccc2)C(=O)/C=C/c2ccccc2C#N)c1. The third-order valence-electron chi connectivity index (χ3n) is 5.12. The summed E-state index contributed by atoms with van der Waals surface area (Å²) in [4.78, 5) is 26.5. The van der Waals surface area contributed by atoms with Gasteiger partial charge >= 0.3 is 0 Å². The fourth-order valence-corrected chi connectivity index (χ4v) is 3.45. The minimum absolute atomic E-state index is 0.147. The molecule has 0 bridgehead atoms. The van der Waals surface area contributed by atoms with E-state index in [1.807, 2.05) is 73.7 Å². The normalized spacial score (nSPS) is 11.5. The summed E-state index contributed by atoms with van der Waals surface area (Å²) in [5.74, 6) is -0.315. The molecule has 5 heteroatoms. The molecule has 0 saturated carbocycles. The summed E-state index contributed by atoms with van der Waals surface area (Å²) < 4.78 is 0. The molecule has 3 rings (SSSR count). The Bertz CT molecular complexity index is 1160. The van der Waals surface area contributed by atoms with Gasteiger partial charge in [-0.25, -0.2) is 0 Å². The maximum absolute atomic E-state index is 13.3. The second kappa shape index (κ2) is 10.7.